The molecular formula is C19H23Cl2NO4. The predicted molar refractivity (Wildman–Crippen MR) is 100.0 cm³/mol. The fourth-order valence-corrected chi connectivity index (χ4v) is 4.74. The Kier molecular flexibility index (Phi) is 6.30. The maximum absolute atomic E-state index is 12.6. The largest absolute Gasteiger partial charge is 0.494 e. The van der Waals surface area contributed by atoms with Gasteiger partial charge in [-0.15, -0.1) is 0 Å². The number of piperidine rings is 1. The van der Waals surface area contributed by atoms with Crippen LogP contribution in [0.2, 0.25) is 10.0 Å². The van der Waals surface area contributed by atoms with Gasteiger partial charge >= 0.3 is 5.97 Å². The van der Waals surface area contributed by atoms with Crippen molar-refractivity contribution < 1.29 is 19.1 Å². The number of amides is 1. The van der Waals surface area contributed by atoms with Crippen LogP contribution < -0.4 is 4.74 Å². The van der Waals surface area contributed by atoms with E-state index in [4.69, 9.17) is 32.7 Å². The van der Waals surface area contributed by atoms with E-state index in [1.165, 1.54) is 38.5 Å². The van der Waals surface area contributed by atoms with Crippen molar-refractivity contribution in [3.8, 4) is 5.75 Å². The van der Waals surface area contributed by atoms with Crippen molar-refractivity contribution in [1.82, 2.24) is 4.90 Å². The molecule has 26 heavy (non-hydrogen) atoms. The quantitative estimate of drug-likeness (QED) is 0.706. The van der Waals surface area contributed by atoms with Crippen LogP contribution in [0.5, 0.6) is 5.75 Å². The molecule has 2 fully saturated rings. The van der Waals surface area contributed by atoms with Crippen molar-refractivity contribution in [2.24, 2.45) is 5.92 Å². The lowest BCUT2D eigenvalue weighted by Gasteiger charge is -2.44. The smallest absolute Gasteiger partial charge is 0.338 e. The van der Waals surface area contributed by atoms with Crippen molar-refractivity contribution >= 4 is 35.1 Å². The molecule has 142 valence electrons. The molecule has 0 spiro atoms. The maximum atomic E-state index is 12.6. The van der Waals surface area contributed by atoms with Crippen molar-refractivity contribution in [1.29, 1.82) is 0 Å². The third-order valence-electron chi connectivity index (χ3n) is 5.33. The number of methoxy groups -OCH3 is 1. The fraction of sp³-hybridized carbons (Fsp3) is 0.579. The van der Waals surface area contributed by atoms with Gasteiger partial charge in [-0.1, -0.05) is 36.0 Å². The molecule has 1 aliphatic heterocycles. The van der Waals surface area contributed by atoms with E-state index in [1.807, 2.05) is 4.90 Å². The number of esters is 1. The zero-order valence-electron chi connectivity index (χ0n) is 14.8. The van der Waals surface area contributed by atoms with Gasteiger partial charge in [-0.3, -0.25) is 4.79 Å². The minimum absolute atomic E-state index is 0.124. The van der Waals surface area contributed by atoms with E-state index in [1.54, 1.807) is 0 Å². The van der Waals surface area contributed by atoms with E-state index in [0.29, 0.717) is 17.7 Å². The summed E-state index contributed by atoms with van der Waals surface area (Å²) in [4.78, 5) is 26.8. The normalized spacial score (nSPS) is 22.5. The molecule has 1 amide bonds. The van der Waals surface area contributed by atoms with Gasteiger partial charge < -0.3 is 14.4 Å². The van der Waals surface area contributed by atoms with Crippen LogP contribution in [0.1, 0.15) is 48.9 Å². The zero-order valence-corrected chi connectivity index (χ0v) is 16.3. The zero-order chi connectivity index (χ0) is 18.7. The molecule has 1 aromatic carbocycles. The van der Waals surface area contributed by atoms with Gasteiger partial charge in [0.2, 0.25) is 0 Å². The number of carbonyl (C=O) groups is 2. The lowest BCUT2D eigenvalue weighted by Crippen LogP contribution is -2.50. The Morgan fingerprint density at radius 1 is 1.12 bits per heavy atom. The number of fused-ring (bicyclic) bond motifs is 1. The molecule has 1 heterocycles. The summed E-state index contributed by atoms with van der Waals surface area (Å²) in [5.74, 6) is 0.150. The molecule has 0 radical (unpaired) electrons. The Labute approximate surface area is 163 Å². The summed E-state index contributed by atoms with van der Waals surface area (Å²) in [6.45, 7) is 0.487. The maximum Gasteiger partial charge on any atom is 0.338 e. The van der Waals surface area contributed by atoms with Crippen LogP contribution in [-0.2, 0) is 9.53 Å². The molecule has 1 saturated carbocycles. The van der Waals surface area contributed by atoms with Crippen LogP contribution >= 0.6 is 23.2 Å². The SMILES string of the molecule is COc1c(Cl)cc(C(=O)OCC(=O)N2CCC[C@H]3CCCC[C@H]32)cc1Cl. The number of ether oxygens (including phenoxy) is 2. The van der Waals surface area contributed by atoms with Gasteiger partial charge in [-0.05, 0) is 43.7 Å². The topological polar surface area (TPSA) is 55.8 Å². The number of carbonyl (C=O) groups excluding carboxylic acids is 2. The molecule has 0 N–H and O–H groups in total. The van der Waals surface area contributed by atoms with E-state index in [2.05, 4.69) is 0 Å². The summed E-state index contributed by atoms with van der Waals surface area (Å²) >= 11 is 12.1. The van der Waals surface area contributed by atoms with E-state index in [-0.39, 0.29) is 28.1 Å². The second kappa shape index (κ2) is 8.49. The van der Waals surface area contributed by atoms with E-state index in [9.17, 15) is 9.59 Å². The Bertz CT molecular complexity index is 669. The second-order valence-electron chi connectivity index (χ2n) is 6.89. The molecule has 1 aromatic rings. The lowest BCUT2D eigenvalue weighted by atomic mass is 9.78. The molecule has 1 aliphatic carbocycles. The standard InChI is InChI=1S/C19H23Cl2NO4/c1-25-18-14(20)9-13(10-15(18)21)19(24)26-11-17(23)22-8-4-6-12-5-2-3-7-16(12)22/h9-10,12,16H,2-8,11H2,1H3/t12-,16-/m1/s1. The highest BCUT2D eigenvalue weighted by molar-refractivity contribution is 6.37. The number of likely N-dealkylation sites (tertiary alicyclic amines) is 1. The number of hydrogen-bond donors (Lipinski definition) is 0. The number of nitrogens with zero attached hydrogens (tertiary/aromatic N) is 1. The minimum atomic E-state index is -0.623. The van der Waals surface area contributed by atoms with Crippen molar-refractivity contribution in [2.75, 3.05) is 20.3 Å². The molecule has 3 rings (SSSR count). The number of hydrogen-bond acceptors (Lipinski definition) is 4. The highest BCUT2D eigenvalue weighted by Gasteiger charge is 2.35. The highest BCUT2D eigenvalue weighted by Crippen LogP contribution is 2.36. The average molecular weight is 400 g/mol. The Hall–Kier alpha value is -1.46. The molecule has 2 aliphatic rings. The number of halogens is 2. The third-order valence-corrected chi connectivity index (χ3v) is 5.89. The van der Waals surface area contributed by atoms with Gasteiger partial charge in [-0.2, -0.15) is 0 Å². The molecule has 0 unspecified atom stereocenters. The first-order chi connectivity index (χ1) is 12.5. The Morgan fingerprint density at radius 3 is 2.46 bits per heavy atom. The Morgan fingerprint density at radius 2 is 1.77 bits per heavy atom. The van der Waals surface area contributed by atoms with Crippen LogP contribution in [0.3, 0.4) is 0 Å². The first kappa shape index (κ1) is 19.3. The first-order valence-electron chi connectivity index (χ1n) is 9.01. The second-order valence-corrected chi connectivity index (χ2v) is 7.70. The Balaban J connectivity index is 1.61. The van der Waals surface area contributed by atoms with Gasteiger partial charge in [-0.25, -0.2) is 4.79 Å². The summed E-state index contributed by atoms with van der Waals surface area (Å²) in [7, 11) is 1.45. The van der Waals surface area contributed by atoms with Crippen LogP contribution in [-0.4, -0.2) is 43.1 Å². The summed E-state index contributed by atoms with van der Waals surface area (Å²) in [5, 5.41) is 0.443. The van der Waals surface area contributed by atoms with E-state index in [0.717, 1.165) is 25.8 Å². The average Bonchev–Trinajstić information content (AvgIpc) is 2.65. The van der Waals surface area contributed by atoms with Crippen molar-refractivity contribution in [3.63, 3.8) is 0 Å². The first-order valence-corrected chi connectivity index (χ1v) is 9.76. The summed E-state index contributed by atoms with van der Waals surface area (Å²) in [6, 6.07) is 3.16. The summed E-state index contributed by atoms with van der Waals surface area (Å²) in [5.41, 5.74) is 0.197. The molecule has 5 nitrogen and oxygen atoms in total. The lowest BCUT2D eigenvalue weighted by molar-refractivity contribution is -0.140. The van der Waals surface area contributed by atoms with Gasteiger partial charge in [0.05, 0.1) is 22.7 Å². The number of benzene rings is 1. The third kappa shape index (κ3) is 4.09. The molecule has 1 saturated heterocycles. The summed E-state index contributed by atoms with van der Waals surface area (Å²) in [6.07, 6.45) is 6.86. The summed E-state index contributed by atoms with van der Waals surface area (Å²) < 4.78 is 10.3. The molecule has 7 heteroatoms. The van der Waals surface area contributed by atoms with Gasteiger partial charge in [0.15, 0.2) is 12.4 Å². The van der Waals surface area contributed by atoms with Gasteiger partial charge in [0.25, 0.3) is 5.91 Å². The highest BCUT2D eigenvalue weighted by atomic mass is 35.5. The minimum Gasteiger partial charge on any atom is -0.494 e. The van der Waals surface area contributed by atoms with Gasteiger partial charge in [0.1, 0.15) is 0 Å². The fourth-order valence-electron chi connectivity index (χ4n) is 4.10. The number of rotatable bonds is 4. The van der Waals surface area contributed by atoms with Crippen molar-refractivity contribution in [3.05, 3.63) is 27.7 Å². The van der Waals surface area contributed by atoms with Crippen molar-refractivity contribution in [2.45, 2.75) is 44.6 Å². The van der Waals surface area contributed by atoms with E-state index >= 15 is 0 Å². The monoisotopic (exact) mass is 399 g/mol. The van der Waals surface area contributed by atoms with Crippen LogP contribution in [0, 0.1) is 5.92 Å². The van der Waals surface area contributed by atoms with Crippen LogP contribution in [0.15, 0.2) is 12.1 Å². The van der Waals surface area contributed by atoms with E-state index < -0.39 is 5.97 Å². The molecular weight excluding hydrogens is 377 g/mol. The molecule has 0 aromatic heterocycles. The van der Waals surface area contributed by atoms with Crippen LogP contribution in [0.25, 0.3) is 0 Å². The molecule has 2 atom stereocenters. The van der Waals surface area contributed by atoms with Gasteiger partial charge in [0, 0.05) is 12.6 Å². The van der Waals surface area contributed by atoms with Crippen LogP contribution in [0.4, 0.5) is 0 Å². The molecule has 0 bridgehead atoms. The predicted octanol–water partition coefficient (Wildman–Crippen LogP) is 4.34.